The Morgan fingerprint density at radius 3 is 2.69 bits per heavy atom. The number of aliphatic carboxylic acids is 1. The summed E-state index contributed by atoms with van der Waals surface area (Å²) >= 11 is 0.220. The zero-order valence-electron chi connectivity index (χ0n) is 16.7. The van der Waals surface area contributed by atoms with Crippen LogP contribution in [0, 0.1) is 5.92 Å². The Kier molecular flexibility index (Phi) is 6.44. The highest BCUT2D eigenvalue weighted by Crippen LogP contribution is 2.42. The summed E-state index contributed by atoms with van der Waals surface area (Å²) in [5, 5.41) is 9.37. The van der Waals surface area contributed by atoms with Crippen LogP contribution in [0.15, 0.2) is 41.3 Å². The fraction of sp³-hybridized carbons (Fsp3) is 0.435. The molecule has 2 heterocycles. The van der Waals surface area contributed by atoms with E-state index in [1.54, 1.807) is 15.6 Å². The number of benzene rings is 1. The normalized spacial score (nSPS) is 21.1. The van der Waals surface area contributed by atoms with E-state index in [-0.39, 0.29) is 0 Å². The van der Waals surface area contributed by atoms with Gasteiger partial charge in [0, 0.05) is 10.9 Å². The number of nitrogens with zero attached hydrogens (tertiary/aromatic N) is 1. The second kappa shape index (κ2) is 9.04. The van der Waals surface area contributed by atoms with Crippen molar-refractivity contribution in [2.45, 2.75) is 62.9 Å². The fourth-order valence-corrected chi connectivity index (χ4v) is 7.27. The topological polar surface area (TPSA) is 63.6 Å². The van der Waals surface area contributed by atoms with Crippen LogP contribution in [0.4, 0.5) is 0 Å². The minimum absolute atomic E-state index is 0.443. The Morgan fingerprint density at radius 2 is 2.07 bits per heavy atom. The molecular weight excluding hydrogens is 402 g/mol. The van der Waals surface area contributed by atoms with Crippen LogP contribution in [0.3, 0.4) is 0 Å². The summed E-state index contributed by atoms with van der Waals surface area (Å²) in [6.07, 6.45) is 11.6. The van der Waals surface area contributed by atoms with Crippen LogP contribution < -0.4 is 0 Å². The van der Waals surface area contributed by atoms with Crippen molar-refractivity contribution in [3.63, 3.8) is 0 Å². The largest absolute Gasteiger partial charge is 0.593 e. The van der Waals surface area contributed by atoms with Crippen molar-refractivity contribution in [2.75, 3.05) is 0 Å². The second-order valence-electron chi connectivity index (χ2n) is 7.90. The van der Waals surface area contributed by atoms with Crippen LogP contribution >= 0.6 is 11.3 Å². The molecule has 2 atom stereocenters. The summed E-state index contributed by atoms with van der Waals surface area (Å²) in [4.78, 5) is 14.3. The number of hydrogen-bond donors (Lipinski definition) is 1. The molecular formula is C23H27NO3S2. The van der Waals surface area contributed by atoms with Crippen molar-refractivity contribution >= 4 is 34.7 Å². The molecule has 0 radical (unpaired) electrons. The highest BCUT2D eigenvalue weighted by molar-refractivity contribution is 7.89. The molecule has 154 valence electrons. The maximum absolute atomic E-state index is 12.8. The lowest BCUT2D eigenvalue weighted by molar-refractivity contribution is -0.141. The quantitative estimate of drug-likeness (QED) is 0.573. The third-order valence-corrected chi connectivity index (χ3v) is 8.79. The highest BCUT2D eigenvalue weighted by Gasteiger charge is 2.43. The van der Waals surface area contributed by atoms with Crippen molar-refractivity contribution in [1.29, 1.82) is 0 Å². The molecule has 0 saturated heterocycles. The zero-order valence-corrected chi connectivity index (χ0v) is 18.3. The Balaban J connectivity index is 1.42. The molecule has 1 fully saturated rings. The van der Waals surface area contributed by atoms with Crippen molar-refractivity contribution < 1.29 is 14.5 Å². The molecule has 1 unspecified atom stereocenters. The first-order valence-corrected chi connectivity index (χ1v) is 12.3. The minimum atomic E-state index is -1.40. The van der Waals surface area contributed by atoms with Gasteiger partial charge >= 0.3 is 5.97 Å². The highest BCUT2D eigenvalue weighted by atomic mass is 32.2. The number of rotatable bonds is 7. The first-order valence-electron chi connectivity index (χ1n) is 10.4. The van der Waals surface area contributed by atoms with E-state index in [2.05, 4.69) is 36.4 Å². The van der Waals surface area contributed by atoms with Gasteiger partial charge in [-0.2, -0.15) is 0 Å². The summed E-state index contributed by atoms with van der Waals surface area (Å²) in [7, 11) is 0. The predicted molar refractivity (Wildman–Crippen MR) is 119 cm³/mol. The molecule has 1 aliphatic carbocycles. The molecule has 1 aromatic carbocycles. The molecule has 6 heteroatoms. The van der Waals surface area contributed by atoms with Gasteiger partial charge in [-0.1, -0.05) is 69.0 Å². The Bertz CT molecular complexity index is 884. The molecule has 29 heavy (non-hydrogen) atoms. The average molecular weight is 430 g/mol. The van der Waals surface area contributed by atoms with Gasteiger partial charge in [-0.05, 0) is 29.9 Å². The number of carbonyl (C=O) groups is 1. The van der Waals surface area contributed by atoms with Gasteiger partial charge in [0.25, 0.3) is 0 Å². The van der Waals surface area contributed by atoms with E-state index in [0.717, 1.165) is 26.1 Å². The van der Waals surface area contributed by atoms with Gasteiger partial charge in [0.2, 0.25) is 0 Å². The van der Waals surface area contributed by atoms with Gasteiger partial charge in [0.05, 0.1) is 22.8 Å². The van der Waals surface area contributed by atoms with Crippen molar-refractivity contribution in [3.8, 4) is 10.4 Å². The van der Waals surface area contributed by atoms with E-state index in [1.807, 2.05) is 13.0 Å². The number of allylic oxidation sites excluding steroid dienone is 1. The zero-order chi connectivity index (χ0) is 20.4. The van der Waals surface area contributed by atoms with Gasteiger partial charge in [0.15, 0.2) is 10.9 Å². The van der Waals surface area contributed by atoms with Crippen LogP contribution in [0.1, 0.15) is 55.9 Å². The van der Waals surface area contributed by atoms with E-state index >= 15 is 0 Å². The summed E-state index contributed by atoms with van der Waals surface area (Å²) in [6, 6.07) is 9.76. The molecule has 1 aliphatic heterocycles. The van der Waals surface area contributed by atoms with E-state index < -0.39 is 23.4 Å². The number of fused-ring (bicyclic) bond motifs is 1. The molecule has 2 aromatic rings. The number of carboxylic acids is 1. The molecule has 4 rings (SSSR count). The second-order valence-corrected chi connectivity index (χ2v) is 10.4. The molecule has 0 amide bonds. The average Bonchev–Trinajstić information content (AvgIpc) is 3.42. The van der Waals surface area contributed by atoms with E-state index in [0.29, 0.717) is 13.0 Å². The molecule has 2 aliphatic rings. The molecule has 1 saturated carbocycles. The van der Waals surface area contributed by atoms with Crippen LogP contribution in [0.5, 0.6) is 0 Å². The fourth-order valence-electron chi connectivity index (χ4n) is 4.27. The van der Waals surface area contributed by atoms with Gasteiger partial charge in [0.1, 0.15) is 0 Å². The van der Waals surface area contributed by atoms with Gasteiger partial charge in [-0.3, -0.25) is 4.79 Å². The lowest BCUT2D eigenvalue weighted by Gasteiger charge is -2.22. The van der Waals surface area contributed by atoms with E-state index in [9.17, 15) is 14.5 Å². The van der Waals surface area contributed by atoms with Crippen molar-refractivity contribution in [1.82, 2.24) is 4.31 Å². The minimum Gasteiger partial charge on any atom is -0.593 e. The Labute approximate surface area is 179 Å². The smallest absolute Gasteiger partial charge is 0.325 e. The van der Waals surface area contributed by atoms with Crippen molar-refractivity contribution in [2.24, 2.45) is 5.92 Å². The van der Waals surface area contributed by atoms with Gasteiger partial charge in [-0.15, -0.1) is 15.6 Å². The standard InChI is InChI=1S/C23H27NO3S2/c1-2-19(23(25)26)24-15-21-22(29(24)27)14-20(28-21)18-12-10-17(11-13-18)9-5-8-16-6-3-4-7-16/h5,9-14,16,19H,2-4,6-8,15H2,1H3,(H,25,26)/b9-5+/t19?,29-/m1/s1. The molecule has 1 N–H and O–H groups in total. The molecule has 1 aromatic heterocycles. The van der Waals surface area contributed by atoms with Crippen LogP contribution in [-0.4, -0.2) is 26.0 Å². The predicted octanol–water partition coefficient (Wildman–Crippen LogP) is 5.71. The molecule has 0 bridgehead atoms. The van der Waals surface area contributed by atoms with Crippen LogP contribution in [0.25, 0.3) is 16.5 Å². The molecule has 0 spiro atoms. The van der Waals surface area contributed by atoms with E-state index in [1.165, 1.54) is 37.7 Å². The maximum atomic E-state index is 12.8. The number of carboxylic acid groups (broad SMARTS) is 1. The maximum Gasteiger partial charge on any atom is 0.325 e. The molecule has 4 nitrogen and oxygen atoms in total. The Hall–Kier alpha value is -1.60. The number of thiophene rings is 1. The monoisotopic (exact) mass is 429 g/mol. The van der Waals surface area contributed by atoms with Gasteiger partial charge < -0.3 is 9.66 Å². The summed E-state index contributed by atoms with van der Waals surface area (Å²) in [6.45, 7) is 2.26. The number of hydrogen-bond acceptors (Lipinski definition) is 4. The van der Waals surface area contributed by atoms with Crippen LogP contribution in [0.2, 0.25) is 0 Å². The lowest BCUT2D eigenvalue weighted by atomic mass is 10.0. The van der Waals surface area contributed by atoms with Crippen molar-refractivity contribution in [3.05, 3.63) is 46.8 Å². The Morgan fingerprint density at radius 1 is 1.34 bits per heavy atom. The van der Waals surface area contributed by atoms with E-state index in [4.69, 9.17) is 0 Å². The van der Waals surface area contributed by atoms with Gasteiger partial charge in [-0.25, -0.2) is 0 Å². The first-order chi connectivity index (χ1) is 14.1. The SMILES string of the molecule is CCC(C(=O)O)N1Cc2sc(-c3ccc(/C=C/CC4CCCC4)cc3)cc2[S@@+]1[O-]. The summed E-state index contributed by atoms with van der Waals surface area (Å²) in [5.74, 6) is -0.0410. The third kappa shape index (κ3) is 4.45. The summed E-state index contributed by atoms with van der Waals surface area (Å²) in [5.41, 5.74) is 2.32. The first kappa shape index (κ1) is 20.7. The third-order valence-electron chi connectivity index (χ3n) is 5.94. The van der Waals surface area contributed by atoms with Crippen LogP contribution in [-0.2, 0) is 22.7 Å². The summed E-state index contributed by atoms with van der Waals surface area (Å²) < 4.78 is 14.4. The lowest BCUT2D eigenvalue weighted by Crippen LogP contribution is -2.40.